The van der Waals surface area contributed by atoms with Crippen LogP contribution in [0.1, 0.15) is 0 Å². The molecule has 2 aromatic rings. The average Bonchev–Trinajstić information content (AvgIpc) is 3.03. The van der Waals surface area contributed by atoms with Crippen LogP contribution >= 0.6 is 12.4 Å². The van der Waals surface area contributed by atoms with Crippen LogP contribution in [0.5, 0.6) is 0 Å². The number of halogens is 1. The second-order valence-corrected chi connectivity index (χ2v) is 18.7. The Balaban J connectivity index is -0.000000277. The van der Waals surface area contributed by atoms with Gasteiger partial charge in [0.2, 0.25) is 0 Å². The Morgan fingerprint density at radius 1 is 0.739 bits per heavy atom. The summed E-state index contributed by atoms with van der Waals surface area (Å²) in [6.07, 6.45) is 0. The first kappa shape index (κ1) is 28.8. The largest absolute Gasteiger partial charge is 0.212 e. The van der Waals surface area contributed by atoms with Gasteiger partial charge in [-0.1, -0.05) is 52.4 Å². The molecule has 0 amide bonds. The van der Waals surface area contributed by atoms with Gasteiger partial charge in [-0.3, -0.25) is 0 Å². The molecule has 0 N–H and O–H groups in total. The van der Waals surface area contributed by atoms with Gasteiger partial charge in [0.1, 0.15) is 0 Å². The fourth-order valence-corrected chi connectivity index (χ4v) is 4.13. The van der Waals surface area contributed by atoms with Crippen molar-refractivity contribution in [3.05, 3.63) is 48.5 Å². The summed E-state index contributed by atoms with van der Waals surface area (Å²) in [6.45, 7) is 18.6. The molecular formula is C18H34ClSi3Sm-2. The average molecular weight is 521 g/mol. The summed E-state index contributed by atoms with van der Waals surface area (Å²) in [5, 5.41) is 3.12. The van der Waals surface area contributed by atoms with Gasteiger partial charge in [-0.2, -0.15) is 36.4 Å². The minimum absolute atomic E-state index is 0. The molecule has 5 heteroatoms. The molecule has 0 aromatic heterocycles. The summed E-state index contributed by atoms with van der Waals surface area (Å²) in [6, 6.07) is 17.4. The molecule has 0 heterocycles. The molecule has 133 valence electrons. The fraction of sp³-hybridized carbons (Fsp3) is 0.444. The Labute approximate surface area is 187 Å². The number of rotatable bonds is 2. The molecular weight excluding hydrogens is 486 g/mol. The normalized spacial score (nSPS) is 10.1. The first-order valence-corrected chi connectivity index (χ1v) is 17.1. The second-order valence-electron chi connectivity index (χ2n) is 7.42. The van der Waals surface area contributed by atoms with Gasteiger partial charge < -0.3 is 0 Å². The molecule has 2 rings (SSSR count). The topological polar surface area (TPSA) is 0 Å². The van der Waals surface area contributed by atoms with E-state index in [1.807, 2.05) is 0 Å². The molecule has 1 radical (unpaired) electrons. The predicted molar refractivity (Wildman–Crippen MR) is 116 cm³/mol. The summed E-state index contributed by atoms with van der Waals surface area (Å²) in [5.41, 5.74) is 0. The zero-order chi connectivity index (χ0) is 16.5. The molecule has 0 unspecified atom stereocenters. The second kappa shape index (κ2) is 14.2. The summed E-state index contributed by atoms with van der Waals surface area (Å²) in [7, 11) is -1.21. The van der Waals surface area contributed by atoms with Crippen molar-refractivity contribution in [3.63, 3.8) is 0 Å². The Kier molecular flexibility index (Phi) is 17.7. The van der Waals surface area contributed by atoms with E-state index in [1.165, 1.54) is 0 Å². The molecule has 0 aliphatic carbocycles. The van der Waals surface area contributed by atoms with Crippen LogP contribution in [0.2, 0.25) is 52.4 Å². The van der Waals surface area contributed by atoms with Crippen LogP contribution in [0, 0.1) is 40.4 Å². The van der Waals surface area contributed by atoms with Gasteiger partial charge in [-0.05, 0) is 0 Å². The van der Waals surface area contributed by atoms with Crippen LogP contribution < -0.4 is 10.4 Å². The van der Waals surface area contributed by atoms with Crippen LogP contribution in [0.15, 0.2) is 48.5 Å². The van der Waals surface area contributed by atoms with E-state index in [2.05, 4.69) is 101 Å². The van der Waals surface area contributed by atoms with E-state index in [9.17, 15) is 0 Å². The maximum absolute atomic E-state index is 2.36. The molecule has 2 aromatic carbocycles. The van der Waals surface area contributed by atoms with Gasteiger partial charge in [0.15, 0.2) is 0 Å². The minimum atomic E-state index is -0.981. The third-order valence-corrected chi connectivity index (χ3v) is 7.19. The van der Waals surface area contributed by atoms with E-state index in [-0.39, 0.29) is 52.8 Å². The summed E-state index contributed by atoms with van der Waals surface area (Å²) < 4.78 is 0. The standard InChI is InChI=1S/2C8H13Si.C2H7Si.ClH.Sm/c2*1-9(2,3)8-6-4-5-7-8;1-3-2;;/h2*4-7H,1-3H3;3H,1-2H3;1H;/q2*-1;;;. The van der Waals surface area contributed by atoms with Crippen molar-refractivity contribution < 1.29 is 40.4 Å². The summed E-state index contributed by atoms with van der Waals surface area (Å²) >= 11 is 0. The molecule has 0 saturated heterocycles. The van der Waals surface area contributed by atoms with Crippen molar-refractivity contribution >= 4 is 48.4 Å². The number of hydrogen-bond acceptors (Lipinski definition) is 0. The van der Waals surface area contributed by atoms with Crippen molar-refractivity contribution in [2.45, 2.75) is 52.4 Å². The van der Waals surface area contributed by atoms with Crippen LogP contribution in [-0.2, 0) is 0 Å². The molecule has 0 nitrogen and oxygen atoms in total. The molecule has 0 saturated carbocycles. The third kappa shape index (κ3) is 13.9. The SMILES string of the molecule is C[SiH]C.C[Si](C)(C)c1cc[cH-]c1.C[Si](C)(C)c1cc[cH-]c1.Cl.[Sm]. The van der Waals surface area contributed by atoms with Crippen molar-refractivity contribution in [1.82, 2.24) is 0 Å². The van der Waals surface area contributed by atoms with Crippen LogP contribution in [0.4, 0.5) is 0 Å². The minimum Gasteiger partial charge on any atom is -0.212 e. The fourth-order valence-electron chi connectivity index (χ4n) is 1.75. The Morgan fingerprint density at radius 2 is 1.00 bits per heavy atom. The van der Waals surface area contributed by atoms with Crippen LogP contribution in [0.25, 0.3) is 0 Å². The zero-order valence-electron chi connectivity index (χ0n) is 16.0. The van der Waals surface area contributed by atoms with E-state index in [1.54, 1.807) is 10.4 Å². The van der Waals surface area contributed by atoms with Crippen LogP contribution in [-0.4, -0.2) is 25.7 Å². The quantitative estimate of drug-likeness (QED) is 0.393. The van der Waals surface area contributed by atoms with E-state index >= 15 is 0 Å². The molecule has 0 aliphatic heterocycles. The summed E-state index contributed by atoms with van der Waals surface area (Å²) in [5.74, 6) is 0. The molecule has 23 heavy (non-hydrogen) atoms. The molecule has 0 atom stereocenters. The van der Waals surface area contributed by atoms with Crippen LogP contribution in [0.3, 0.4) is 0 Å². The van der Waals surface area contributed by atoms with Gasteiger partial charge >= 0.3 is 0 Å². The van der Waals surface area contributed by atoms with E-state index in [4.69, 9.17) is 0 Å². The van der Waals surface area contributed by atoms with Gasteiger partial charge in [0.05, 0.1) is 0 Å². The smallest absolute Gasteiger partial charge is 0.0213 e. The van der Waals surface area contributed by atoms with Crippen molar-refractivity contribution in [2.24, 2.45) is 0 Å². The Morgan fingerprint density at radius 3 is 1.09 bits per heavy atom. The Hall–Kier alpha value is 0.978. The maximum atomic E-state index is 2.36. The van der Waals surface area contributed by atoms with E-state index in [0.717, 1.165) is 9.52 Å². The predicted octanol–water partition coefficient (Wildman–Crippen LogP) is 4.84. The molecule has 0 aliphatic rings. The zero-order valence-corrected chi connectivity index (χ0v) is 22.6. The molecule has 0 fully saturated rings. The van der Waals surface area contributed by atoms with Gasteiger partial charge in [-0.15, -0.1) is 12.4 Å². The van der Waals surface area contributed by atoms with E-state index in [0.29, 0.717) is 0 Å². The maximum Gasteiger partial charge on any atom is 0.0213 e. The van der Waals surface area contributed by atoms with Gasteiger partial charge in [0.25, 0.3) is 0 Å². The van der Waals surface area contributed by atoms with E-state index < -0.39 is 16.1 Å². The summed E-state index contributed by atoms with van der Waals surface area (Å²) in [4.78, 5) is 0. The first-order chi connectivity index (χ1) is 9.62. The van der Waals surface area contributed by atoms with Gasteiger partial charge in [-0.25, -0.2) is 22.5 Å². The Bertz CT molecular complexity index is 407. The van der Waals surface area contributed by atoms with Crippen molar-refractivity contribution in [2.75, 3.05) is 0 Å². The van der Waals surface area contributed by atoms with Crippen molar-refractivity contribution in [1.29, 1.82) is 0 Å². The molecule has 0 spiro atoms. The van der Waals surface area contributed by atoms with Gasteiger partial charge in [0, 0.05) is 66.1 Å². The number of hydrogen-bond donors (Lipinski definition) is 0. The first-order valence-electron chi connectivity index (χ1n) is 7.81. The molecule has 0 bridgehead atoms. The van der Waals surface area contributed by atoms with Crippen molar-refractivity contribution in [3.8, 4) is 0 Å². The third-order valence-electron chi connectivity index (χ3n) is 3.06. The monoisotopic (exact) mass is 521 g/mol.